The Hall–Kier alpha value is -1.32. The molecule has 0 atom stereocenters. The van der Waals surface area contributed by atoms with Crippen LogP contribution in [0.1, 0.15) is 23.7 Å². The third-order valence-corrected chi connectivity index (χ3v) is 3.20. The van der Waals surface area contributed by atoms with Gasteiger partial charge in [-0.15, -0.1) is 0 Å². The van der Waals surface area contributed by atoms with Gasteiger partial charge in [0.25, 0.3) is 0 Å². The molecule has 0 unspecified atom stereocenters. The molecule has 0 bridgehead atoms. The van der Waals surface area contributed by atoms with Gasteiger partial charge in [0.1, 0.15) is 0 Å². The van der Waals surface area contributed by atoms with Crippen LogP contribution >= 0.6 is 11.6 Å². The second-order valence-corrected chi connectivity index (χ2v) is 4.76. The SMILES string of the molecule is CCNCc1ccc(Cn2cc(Cl)c(C)n2)cc1. The van der Waals surface area contributed by atoms with Crippen LogP contribution in [0, 0.1) is 6.92 Å². The Morgan fingerprint density at radius 2 is 1.89 bits per heavy atom. The van der Waals surface area contributed by atoms with Crippen molar-refractivity contribution < 1.29 is 0 Å². The highest BCUT2D eigenvalue weighted by Gasteiger charge is 2.02. The average molecular weight is 264 g/mol. The molecule has 0 aliphatic rings. The number of hydrogen-bond acceptors (Lipinski definition) is 2. The Morgan fingerprint density at radius 1 is 1.22 bits per heavy atom. The molecule has 1 aromatic heterocycles. The van der Waals surface area contributed by atoms with Crippen LogP contribution in [0.4, 0.5) is 0 Å². The highest BCUT2D eigenvalue weighted by Crippen LogP contribution is 2.13. The van der Waals surface area contributed by atoms with E-state index in [1.165, 1.54) is 11.1 Å². The van der Waals surface area contributed by atoms with Gasteiger partial charge < -0.3 is 5.32 Å². The highest BCUT2D eigenvalue weighted by molar-refractivity contribution is 6.31. The van der Waals surface area contributed by atoms with Crippen molar-refractivity contribution >= 4 is 11.6 Å². The summed E-state index contributed by atoms with van der Waals surface area (Å²) in [5.41, 5.74) is 3.41. The third kappa shape index (κ3) is 3.34. The second kappa shape index (κ2) is 6.03. The molecule has 1 aromatic carbocycles. The predicted octanol–water partition coefficient (Wildman–Crippen LogP) is 3.00. The first-order valence-corrected chi connectivity index (χ1v) is 6.55. The summed E-state index contributed by atoms with van der Waals surface area (Å²) in [6.45, 7) is 6.70. The number of nitrogens with one attached hydrogen (secondary N) is 1. The first-order chi connectivity index (χ1) is 8.69. The average Bonchev–Trinajstić information content (AvgIpc) is 2.67. The van der Waals surface area contributed by atoms with Gasteiger partial charge in [-0.2, -0.15) is 5.10 Å². The van der Waals surface area contributed by atoms with Gasteiger partial charge in [-0.3, -0.25) is 4.68 Å². The Morgan fingerprint density at radius 3 is 2.44 bits per heavy atom. The van der Waals surface area contributed by atoms with Crippen LogP contribution < -0.4 is 5.32 Å². The summed E-state index contributed by atoms with van der Waals surface area (Å²) in [6.07, 6.45) is 1.86. The van der Waals surface area contributed by atoms with E-state index in [2.05, 4.69) is 41.6 Å². The minimum Gasteiger partial charge on any atom is -0.313 e. The maximum Gasteiger partial charge on any atom is 0.0815 e. The first kappa shape index (κ1) is 13.1. The highest BCUT2D eigenvalue weighted by atomic mass is 35.5. The smallest absolute Gasteiger partial charge is 0.0815 e. The lowest BCUT2D eigenvalue weighted by molar-refractivity contribution is 0.678. The maximum atomic E-state index is 5.99. The summed E-state index contributed by atoms with van der Waals surface area (Å²) in [4.78, 5) is 0. The van der Waals surface area contributed by atoms with Crippen molar-refractivity contribution in [3.8, 4) is 0 Å². The Labute approximate surface area is 113 Å². The third-order valence-electron chi connectivity index (χ3n) is 2.83. The van der Waals surface area contributed by atoms with E-state index in [-0.39, 0.29) is 0 Å². The van der Waals surface area contributed by atoms with Gasteiger partial charge in [0.15, 0.2) is 0 Å². The second-order valence-electron chi connectivity index (χ2n) is 4.36. The number of rotatable bonds is 5. The van der Waals surface area contributed by atoms with Crippen LogP contribution in [0.3, 0.4) is 0 Å². The van der Waals surface area contributed by atoms with Crippen molar-refractivity contribution in [2.75, 3.05) is 6.54 Å². The molecule has 1 N–H and O–H groups in total. The fourth-order valence-electron chi connectivity index (χ4n) is 1.79. The molecule has 0 spiro atoms. The molecule has 0 saturated carbocycles. The summed E-state index contributed by atoms with van der Waals surface area (Å²) in [5.74, 6) is 0. The molecular formula is C14H18ClN3. The van der Waals surface area contributed by atoms with Gasteiger partial charge in [-0.05, 0) is 24.6 Å². The van der Waals surface area contributed by atoms with E-state index in [0.717, 1.165) is 30.4 Å². The Bertz CT molecular complexity index is 483. The normalized spacial score (nSPS) is 10.8. The largest absolute Gasteiger partial charge is 0.313 e. The molecule has 0 amide bonds. The molecule has 96 valence electrons. The van der Waals surface area contributed by atoms with Gasteiger partial charge >= 0.3 is 0 Å². The zero-order chi connectivity index (χ0) is 13.0. The molecule has 0 saturated heterocycles. The maximum absolute atomic E-state index is 5.99. The van der Waals surface area contributed by atoms with E-state index in [9.17, 15) is 0 Å². The van der Waals surface area contributed by atoms with Gasteiger partial charge in [0.2, 0.25) is 0 Å². The van der Waals surface area contributed by atoms with Crippen LogP contribution in [0.25, 0.3) is 0 Å². The standard InChI is InChI=1S/C14H18ClN3/c1-3-16-8-12-4-6-13(7-5-12)9-18-10-14(15)11(2)17-18/h4-7,10,16H,3,8-9H2,1-2H3. The molecule has 0 fully saturated rings. The van der Waals surface area contributed by atoms with E-state index >= 15 is 0 Å². The number of aromatic nitrogens is 2. The van der Waals surface area contributed by atoms with Crippen LogP contribution in [0.2, 0.25) is 5.02 Å². The fraction of sp³-hybridized carbons (Fsp3) is 0.357. The van der Waals surface area contributed by atoms with Crippen molar-refractivity contribution in [2.24, 2.45) is 0 Å². The van der Waals surface area contributed by atoms with Crippen molar-refractivity contribution in [1.29, 1.82) is 0 Å². The quantitative estimate of drug-likeness (QED) is 0.899. The van der Waals surface area contributed by atoms with Crippen molar-refractivity contribution in [1.82, 2.24) is 15.1 Å². The van der Waals surface area contributed by atoms with Crippen molar-refractivity contribution in [2.45, 2.75) is 26.9 Å². The van der Waals surface area contributed by atoms with Gasteiger partial charge in [-0.1, -0.05) is 42.8 Å². The zero-order valence-corrected chi connectivity index (χ0v) is 11.5. The summed E-state index contributed by atoms with van der Waals surface area (Å²) in [6, 6.07) is 8.57. The number of benzene rings is 1. The van der Waals surface area contributed by atoms with E-state index < -0.39 is 0 Å². The topological polar surface area (TPSA) is 29.9 Å². The predicted molar refractivity (Wildman–Crippen MR) is 74.9 cm³/mol. The van der Waals surface area contributed by atoms with Crippen LogP contribution in [-0.2, 0) is 13.1 Å². The zero-order valence-electron chi connectivity index (χ0n) is 10.8. The minimum absolute atomic E-state index is 0.721. The van der Waals surface area contributed by atoms with Crippen molar-refractivity contribution in [3.63, 3.8) is 0 Å². The van der Waals surface area contributed by atoms with Gasteiger partial charge in [0, 0.05) is 12.7 Å². The lowest BCUT2D eigenvalue weighted by atomic mass is 10.1. The molecule has 18 heavy (non-hydrogen) atoms. The summed E-state index contributed by atoms with van der Waals surface area (Å²) >= 11 is 5.99. The molecule has 1 heterocycles. The molecule has 0 aliphatic heterocycles. The molecule has 0 radical (unpaired) electrons. The number of nitrogens with zero attached hydrogens (tertiary/aromatic N) is 2. The molecule has 3 nitrogen and oxygen atoms in total. The van der Waals surface area contributed by atoms with Crippen LogP contribution in [0.5, 0.6) is 0 Å². The van der Waals surface area contributed by atoms with Crippen LogP contribution in [-0.4, -0.2) is 16.3 Å². The number of aryl methyl sites for hydroxylation is 1. The molecule has 4 heteroatoms. The van der Waals surface area contributed by atoms with Gasteiger partial charge in [0.05, 0.1) is 17.3 Å². The van der Waals surface area contributed by atoms with E-state index in [1.54, 1.807) is 0 Å². The van der Waals surface area contributed by atoms with Crippen molar-refractivity contribution in [3.05, 3.63) is 52.3 Å². The summed E-state index contributed by atoms with van der Waals surface area (Å²) in [5, 5.41) is 8.38. The van der Waals surface area contributed by atoms with E-state index in [4.69, 9.17) is 11.6 Å². The van der Waals surface area contributed by atoms with Gasteiger partial charge in [-0.25, -0.2) is 0 Å². The summed E-state index contributed by atoms with van der Waals surface area (Å²) in [7, 11) is 0. The van der Waals surface area contributed by atoms with E-state index in [1.807, 2.05) is 17.8 Å². The lowest BCUT2D eigenvalue weighted by Gasteiger charge is -2.05. The van der Waals surface area contributed by atoms with E-state index in [0.29, 0.717) is 0 Å². The number of halogens is 1. The minimum atomic E-state index is 0.721. The van der Waals surface area contributed by atoms with Crippen LogP contribution in [0.15, 0.2) is 30.5 Å². The lowest BCUT2D eigenvalue weighted by Crippen LogP contribution is -2.11. The molecule has 2 aromatic rings. The fourth-order valence-corrected chi connectivity index (χ4v) is 1.94. The molecule has 0 aliphatic carbocycles. The molecular weight excluding hydrogens is 246 g/mol. The first-order valence-electron chi connectivity index (χ1n) is 6.17. The molecule has 2 rings (SSSR count). The summed E-state index contributed by atoms with van der Waals surface area (Å²) < 4.78 is 1.87. The Kier molecular flexibility index (Phi) is 4.39. The number of hydrogen-bond donors (Lipinski definition) is 1. The monoisotopic (exact) mass is 263 g/mol. The Balaban J connectivity index is 2.01.